The molecule has 4 rings (SSSR count). The average Bonchev–Trinajstić information content (AvgIpc) is 2.94. The van der Waals surface area contributed by atoms with Gasteiger partial charge in [-0.05, 0) is 54.4 Å². The van der Waals surface area contributed by atoms with Crippen molar-refractivity contribution in [2.75, 3.05) is 19.0 Å². The van der Waals surface area contributed by atoms with Gasteiger partial charge in [-0.25, -0.2) is 8.42 Å². The molecule has 0 spiro atoms. The third kappa shape index (κ3) is 6.72. The third-order valence-electron chi connectivity index (χ3n) is 6.06. The van der Waals surface area contributed by atoms with Gasteiger partial charge in [0, 0.05) is 22.7 Å². The Morgan fingerprint density at radius 1 is 0.897 bits per heavy atom. The fourth-order valence-corrected chi connectivity index (χ4v) is 5.72. The first-order valence-corrected chi connectivity index (χ1v) is 13.9. The number of nitrogens with zero attached hydrogens (tertiary/aromatic N) is 1. The Kier molecular flexibility index (Phi) is 8.81. The number of ketones is 1. The predicted molar refractivity (Wildman–Crippen MR) is 152 cm³/mol. The van der Waals surface area contributed by atoms with Gasteiger partial charge in [-0.1, -0.05) is 72.3 Å². The number of nitrogens with one attached hydrogen (secondary N) is 1. The van der Waals surface area contributed by atoms with Crippen LogP contribution in [0.3, 0.4) is 0 Å². The highest BCUT2D eigenvalue weighted by Gasteiger charge is 2.28. The van der Waals surface area contributed by atoms with Crippen LogP contribution in [0, 0.1) is 6.92 Å². The van der Waals surface area contributed by atoms with Crippen LogP contribution in [-0.2, 0) is 21.4 Å². The summed E-state index contributed by atoms with van der Waals surface area (Å²) in [5, 5.41) is 3.04. The molecule has 0 saturated carbocycles. The maximum atomic E-state index is 13.7. The number of aryl methyl sites for hydroxylation is 1. The Morgan fingerprint density at radius 2 is 1.56 bits per heavy atom. The van der Waals surface area contributed by atoms with Gasteiger partial charge in [0.05, 0.1) is 24.2 Å². The van der Waals surface area contributed by atoms with E-state index in [0.29, 0.717) is 27.5 Å². The minimum atomic E-state index is -4.08. The van der Waals surface area contributed by atoms with Crippen molar-refractivity contribution in [1.82, 2.24) is 4.31 Å². The van der Waals surface area contributed by atoms with Gasteiger partial charge in [0.1, 0.15) is 5.75 Å². The van der Waals surface area contributed by atoms with Gasteiger partial charge in [-0.15, -0.1) is 0 Å². The van der Waals surface area contributed by atoms with Crippen LogP contribution in [0.25, 0.3) is 0 Å². The number of hydrogen-bond donors (Lipinski definition) is 1. The second-order valence-corrected chi connectivity index (χ2v) is 11.2. The molecule has 200 valence electrons. The van der Waals surface area contributed by atoms with Crippen LogP contribution in [0.2, 0.25) is 5.02 Å². The Hall–Kier alpha value is -3.98. The van der Waals surface area contributed by atoms with Crippen molar-refractivity contribution in [2.45, 2.75) is 18.4 Å². The molecule has 0 heterocycles. The molecule has 0 aliphatic heterocycles. The monoisotopic (exact) mass is 562 g/mol. The number of sulfonamides is 1. The van der Waals surface area contributed by atoms with Crippen LogP contribution >= 0.6 is 11.6 Å². The molecule has 7 nitrogen and oxygen atoms in total. The number of halogens is 1. The fourth-order valence-electron chi connectivity index (χ4n) is 4.08. The first kappa shape index (κ1) is 28.0. The summed E-state index contributed by atoms with van der Waals surface area (Å²) in [5.74, 6) is -0.375. The molecular formula is C30H27ClN2O5S. The van der Waals surface area contributed by atoms with Gasteiger partial charge in [0.25, 0.3) is 0 Å². The molecule has 39 heavy (non-hydrogen) atoms. The maximum Gasteiger partial charge on any atom is 0.243 e. The van der Waals surface area contributed by atoms with E-state index in [1.807, 2.05) is 6.07 Å². The molecule has 0 atom stereocenters. The van der Waals surface area contributed by atoms with Crippen LogP contribution in [0.5, 0.6) is 5.75 Å². The van der Waals surface area contributed by atoms with Gasteiger partial charge in [-0.2, -0.15) is 4.31 Å². The van der Waals surface area contributed by atoms with Crippen molar-refractivity contribution in [2.24, 2.45) is 0 Å². The summed E-state index contributed by atoms with van der Waals surface area (Å²) in [6.45, 7) is 1.24. The second-order valence-electron chi connectivity index (χ2n) is 8.82. The minimum absolute atomic E-state index is 0.0297. The maximum absolute atomic E-state index is 13.7. The number of ether oxygens (including phenoxy) is 1. The van der Waals surface area contributed by atoms with Crippen molar-refractivity contribution in [3.63, 3.8) is 0 Å². The van der Waals surface area contributed by atoms with E-state index in [2.05, 4.69) is 5.32 Å². The van der Waals surface area contributed by atoms with Crippen molar-refractivity contribution in [3.8, 4) is 5.75 Å². The number of hydrogen-bond acceptors (Lipinski definition) is 5. The zero-order chi connectivity index (χ0) is 28.0. The van der Waals surface area contributed by atoms with Crippen molar-refractivity contribution in [3.05, 3.63) is 124 Å². The van der Waals surface area contributed by atoms with Crippen LogP contribution in [0.1, 0.15) is 27.0 Å². The van der Waals surface area contributed by atoms with E-state index < -0.39 is 22.5 Å². The first-order chi connectivity index (χ1) is 18.7. The van der Waals surface area contributed by atoms with E-state index >= 15 is 0 Å². The molecule has 0 aliphatic carbocycles. The summed E-state index contributed by atoms with van der Waals surface area (Å²) in [6, 6.07) is 26.7. The number of anilines is 1. The molecule has 4 aromatic rings. The summed E-state index contributed by atoms with van der Waals surface area (Å²) in [7, 11) is -2.57. The van der Waals surface area contributed by atoms with Gasteiger partial charge in [0.15, 0.2) is 5.78 Å². The number of methoxy groups -OCH3 is 1. The van der Waals surface area contributed by atoms with Crippen molar-refractivity contribution in [1.29, 1.82) is 0 Å². The van der Waals surface area contributed by atoms with Crippen LogP contribution in [-0.4, -0.2) is 38.1 Å². The van der Waals surface area contributed by atoms with E-state index in [-0.39, 0.29) is 28.5 Å². The smallest absolute Gasteiger partial charge is 0.243 e. The van der Waals surface area contributed by atoms with E-state index in [9.17, 15) is 18.0 Å². The molecule has 1 amide bonds. The molecule has 4 aromatic carbocycles. The van der Waals surface area contributed by atoms with Gasteiger partial charge in [-0.3, -0.25) is 9.59 Å². The number of carbonyl (C=O) groups excluding carboxylic acids is 2. The molecule has 0 unspecified atom stereocenters. The summed E-state index contributed by atoms with van der Waals surface area (Å²) in [6.07, 6.45) is 0. The molecular weight excluding hydrogens is 536 g/mol. The molecule has 0 aromatic heterocycles. The summed E-state index contributed by atoms with van der Waals surface area (Å²) >= 11 is 6.16. The van der Waals surface area contributed by atoms with E-state index in [4.69, 9.17) is 16.3 Å². The minimum Gasteiger partial charge on any atom is -0.496 e. The highest BCUT2D eigenvalue weighted by atomic mass is 35.5. The van der Waals surface area contributed by atoms with E-state index in [0.717, 1.165) is 4.31 Å². The first-order valence-electron chi connectivity index (χ1n) is 12.1. The molecule has 1 N–H and O–H groups in total. The molecule has 0 saturated heterocycles. The highest BCUT2D eigenvalue weighted by Crippen LogP contribution is 2.26. The molecule has 0 fully saturated rings. The SMILES string of the molecule is COc1ccc(S(=O)(=O)N(CC(=O)Nc2ccc(Cl)cc2C(=O)c2ccccc2)Cc2ccccc2)cc1C. The lowest BCUT2D eigenvalue weighted by Crippen LogP contribution is -2.37. The standard InChI is InChI=1S/C30H27ClN2O5S/c1-21-17-25(14-16-28(21)38-2)39(36,37)33(19-22-9-5-3-6-10-22)20-29(34)32-27-15-13-24(31)18-26(27)30(35)23-11-7-4-8-12-23/h3-18H,19-20H2,1-2H3,(H,32,34). The Labute approximate surface area is 233 Å². The largest absolute Gasteiger partial charge is 0.496 e. The van der Waals surface area contributed by atoms with Gasteiger partial charge in [0.2, 0.25) is 15.9 Å². The Morgan fingerprint density at radius 3 is 2.21 bits per heavy atom. The highest BCUT2D eigenvalue weighted by molar-refractivity contribution is 7.89. The van der Waals surface area contributed by atoms with Gasteiger partial charge >= 0.3 is 0 Å². The second kappa shape index (κ2) is 12.3. The lowest BCUT2D eigenvalue weighted by molar-refractivity contribution is -0.116. The van der Waals surface area contributed by atoms with E-state index in [1.165, 1.54) is 31.4 Å². The Bertz CT molecular complexity index is 1590. The fraction of sp³-hybridized carbons (Fsp3) is 0.133. The van der Waals surface area contributed by atoms with E-state index in [1.54, 1.807) is 73.7 Å². The number of rotatable bonds is 10. The number of amides is 1. The van der Waals surface area contributed by atoms with Crippen LogP contribution in [0.15, 0.2) is 102 Å². The Balaban J connectivity index is 1.64. The van der Waals surface area contributed by atoms with Gasteiger partial charge < -0.3 is 10.1 Å². The third-order valence-corrected chi connectivity index (χ3v) is 8.08. The van der Waals surface area contributed by atoms with Crippen LogP contribution in [0.4, 0.5) is 5.69 Å². The van der Waals surface area contributed by atoms with Crippen molar-refractivity contribution >= 4 is 39.0 Å². The summed E-state index contributed by atoms with van der Waals surface area (Å²) in [5.41, 5.74) is 2.22. The quantitative estimate of drug-likeness (QED) is 0.250. The topological polar surface area (TPSA) is 92.8 Å². The average molecular weight is 563 g/mol. The normalized spacial score (nSPS) is 11.3. The number of benzene rings is 4. The van der Waals surface area contributed by atoms with Crippen LogP contribution < -0.4 is 10.1 Å². The zero-order valence-electron chi connectivity index (χ0n) is 21.4. The lowest BCUT2D eigenvalue weighted by atomic mass is 10.0. The molecule has 0 bridgehead atoms. The lowest BCUT2D eigenvalue weighted by Gasteiger charge is -2.23. The van der Waals surface area contributed by atoms with Crippen molar-refractivity contribution < 1.29 is 22.7 Å². The number of carbonyl (C=O) groups is 2. The molecule has 0 radical (unpaired) electrons. The molecule has 0 aliphatic rings. The predicted octanol–water partition coefficient (Wildman–Crippen LogP) is 5.72. The zero-order valence-corrected chi connectivity index (χ0v) is 23.0. The summed E-state index contributed by atoms with van der Waals surface area (Å²) in [4.78, 5) is 26.5. The molecule has 9 heteroatoms. The summed E-state index contributed by atoms with van der Waals surface area (Å²) < 4.78 is 33.8.